The van der Waals surface area contributed by atoms with E-state index in [1.54, 1.807) is 6.07 Å². The van der Waals surface area contributed by atoms with E-state index in [1.807, 2.05) is 31.2 Å². The molecule has 2 N–H and O–H groups in total. The number of carbonyl (C=O) groups is 2. The van der Waals surface area contributed by atoms with Gasteiger partial charge in [-0.15, -0.1) is 0 Å². The van der Waals surface area contributed by atoms with E-state index >= 15 is 0 Å². The summed E-state index contributed by atoms with van der Waals surface area (Å²) in [5, 5.41) is 5.97. The second-order valence-electron chi connectivity index (χ2n) is 7.29. The summed E-state index contributed by atoms with van der Waals surface area (Å²) in [6.45, 7) is 2.47. The van der Waals surface area contributed by atoms with Crippen molar-refractivity contribution in [1.29, 1.82) is 0 Å². The third-order valence-electron chi connectivity index (χ3n) is 5.03. The molecular weight excluding hydrogens is 338 g/mol. The van der Waals surface area contributed by atoms with Gasteiger partial charge in [-0.1, -0.05) is 55.5 Å². The monoisotopic (exact) mass is 365 g/mol. The molecule has 0 atom stereocenters. The molecule has 5 nitrogen and oxygen atoms in total. The summed E-state index contributed by atoms with van der Waals surface area (Å²) in [5.74, 6) is -0.380. The minimum atomic E-state index is -0.229. The molecule has 0 aliphatic heterocycles. The third-order valence-corrected chi connectivity index (χ3v) is 5.03. The van der Waals surface area contributed by atoms with Crippen molar-refractivity contribution in [3.8, 4) is 0 Å². The van der Waals surface area contributed by atoms with Gasteiger partial charge in [0.15, 0.2) is 0 Å². The van der Waals surface area contributed by atoms with Gasteiger partial charge in [0.25, 0.3) is 11.8 Å². The van der Waals surface area contributed by atoms with Crippen LogP contribution in [0.4, 0.5) is 0 Å². The van der Waals surface area contributed by atoms with Gasteiger partial charge >= 0.3 is 0 Å². The van der Waals surface area contributed by atoms with Crippen molar-refractivity contribution in [2.24, 2.45) is 0 Å². The molecule has 1 saturated carbocycles. The first-order valence-electron chi connectivity index (χ1n) is 9.71. The third kappa shape index (κ3) is 5.64. The van der Waals surface area contributed by atoms with E-state index in [2.05, 4.69) is 15.6 Å². The zero-order valence-electron chi connectivity index (χ0n) is 15.8. The highest BCUT2D eigenvalue weighted by molar-refractivity contribution is 5.99. The number of carbonyl (C=O) groups excluding carboxylic acids is 2. The number of aromatic nitrogens is 1. The van der Waals surface area contributed by atoms with E-state index in [-0.39, 0.29) is 17.9 Å². The molecule has 2 amide bonds. The predicted octanol–water partition coefficient (Wildman–Crippen LogP) is 3.77. The van der Waals surface area contributed by atoms with Crippen molar-refractivity contribution in [3.63, 3.8) is 0 Å². The topological polar surface area (TPSA) is 71.1 Å². The highest BCUT2D eigenvalue weighted by atomic mass is 16.2. The molecule has 0 radical (unpaired) electrons. The Kier molecular flexibility index (Phi) is 6.58. The zero-order chi connectivity index (χ0) is 19.1. The molecule has 0 bridgehead atoms. The van der Waals surface area contributed by atoms with Gasteiger partial charge in [-0.05, 0) is 31.4 Å². The normalized spacial score (nSPS) is 15.0. The fraction of sp³-hybridized carbons (Fsp3) is 0.409. The van der Waals surface area contributed by atoms with Crippen molar-refractivity contribution >= 4 is 11.8 Å². The largest absolute Gasteiger partial charge is 0.349 e. The Morgan fingerprint density at radius 2 is 1.59 bits per heavy atom. The summed E-state index contributed by atoms with van der Waals surface area (Å²) in [6.07, 6.45) is 9.85. The van der Waals surface area contributed by atoms with Crippen molar-refractivity contribution in [2.45, 2.75) is 58.0 Å². The summed E-state index contributed by atoms with van der Waals surface area (Å²) < 4.78 is 0. The molecular formula is C22H27N3O2. The lowest BCUT2D eigenvalue weighted by Crippen LogP contribution is -2.34. The van der Waals surface area contributed by atoms with Gasteiger partial charge in [-0.3, -0.25) is 14.6 Å². The van der Waals surface area contributed by atoms with Crippen LogP contribution in [-0.4, -0.2) is 22.8 Å². The van der Waals surface area contributed by atoms with Gasteiger partial charge in [0.1, 0.15) is 0 Å². The molecule has 142 valence electrons. The van der Waals surface area contributed by atoms with Gasteiger partial charge in [-0.25, -0.2) is 0 Å². The minimum absolute atomic E-state index is 0.150. The Morgan fingerprint density at radius 1 is 0.963 bits per heavy atom. The lowest BCUT2D eigenvalue weighted by molar-refractivity contribution is 0.0933. The van der Waals surface area contributed by atoms with Crippen LogP contribution in [0.3, 0.4) is 0 Å². The molecule has 5 heteroatoms. The Labute approximate surface area is 160 Å². The van der Waals surface area contributed by atoms with Crippen LogP contribution >= 0.6 is 0 Å². The molecule has 0 unspecified atom stereocenters. The Hall–Kier alpha value is -2.69. The quantitative estimate of drug-likeness (QED) is 0.792. The average molecular weight is 365 g/mol. The molecule has 2 aromatic rings. The number of nitrogens with one attached hydrogen (secondary N) is 2. The van der Waals surface area contributed by atoms with E-state index < -0.39 is 0 Å². The molecule has 1 aromatic heterocycles. The molecule has 1 aliphatic rings. The number of pyridine rings is 1. The van der Waals surface area contributed by atoms with Crippen LogP contribution < -0.4 is 10.6 Å². The van der Waals surface area contributed by atoms with Crippen LogP contribution in [0.25, 0.3) is 0 Å². The lowest BCUT2D eigenvalue weighted by Gasteiger charge is -2.16. The van der Waals surface area contributed by atoms with Crippen molar-refractivity contribution in [2.75, 3.05) is 0 Å². The minimum Gasteiger partial charge on any atom is -0.349 e. The first-order chi connectivity index (χ1) is 13.1. The van der Waals surface area contributed by atoms with Gasteiger partial charge in [-0.2, -0.15) is 0 Å². The molecule has 0 spiro atoms. The number of hydrogen-bond donors (Lipinski definition) is 2. The molecule has 1 fully saturated rings. The van der Waals surface area contributed by atoms with Gasteiger partial charge in [0.05, 0.1) is 11.1 Å². The van der Waals surface area contributed by atoms with Crippen molar-refractivity contribution < 1.29 is 9.59 Å². The standard InChI is InChI=1S/C22H27N3O2/c1-16-8-10-17(11-9-16)13-24-21(26)18-12-19(15-23-14-18)22(27)25-20-6-4-2-3-5-7-20/h8-12,14-15,20H,2-7,13H2,1H3,(H,24,26)(H,25,27). The molecule has 3 rings (SSSR count). The number of rotatable bonds is 5. The predicted molar refractivity (Wildman–Crippen MR) is 106 cm³/mol. The van der Waals surface area contributed by atoms with Crippen LogP contribution in [-0.2, 0) is 6.54 Å². The first-order valence-corrected chi connectivity index (χ1v) is 9.71. The highest BCUT2D eigenvalue weighted by Gasteiger charge is 2.17. The van der Waals surface area contributed by atoms with Crippen LogP contribution in [0.15, 0.2) is 42.7 Å². The van der Waals surface area contributed by atoms with Gasteiger partial charge in [0.2, 0.25) is 0 Å². The molecule has 27 heavy (non-hydrogen) atoms. The van der Waals surface area contributed by atoms with E-state index in [0.717, 1.165) is 31.2 Å². The Bertz CT molecular complexity index is 778. The lowest BCUT2D eigenvalue weighted by atomic mass is 10.1. The maximum absolute atomic E-state index is 12.5. The Balaban J connectivity index is 1.59. The van der Waals surface area contributed by atoms with Gasteiger partial charge < -0.3 is 10.6 Å². The van der Waals surface area contributed by atoms with E-state index in [4.69, 9.17) is 0 Å². The number of hydrogen-bond acceptors (Lipinski definition) is 3. The summed E-state index contributed by atoms with van der Waals surface area (Å²) in [4.78, 5) is 29.0. The summed E-state index contributed by atoms with van der Waals surface area (Å²) in [5.41, 5.74) is 3.05. The smallest absolute Gasteiger partial charge is 0.253 e. The van der Waals surface area contributed by atoms with Crippen molar-refractivity contribution in [3.05, 3.63) is 65.0 Å². The average Bonchev–Trinajstić information content (AvgIpc) is 2.96. The van der Waals surface area contributed by atoms with E-state index in [0.29, 0.717) is 17.7 Å². The van der Waals surface area contributed by atoms with E-state index in [1.165, 1.54) is 30.8 Å². The van der Waals surface area contributed by atoms with Crippen LogP contribution in [0.1, 0.15) is 70.4 Å². The summed E-state index contributed by atoms with van der Waals surface area (Å²) in [6, 6.07) is 9.85. The summed E-state index contributed by atoms with van der Waals surface area (Å²) in [7, 11) is 0. The fourth-order valence-corrected chi connectivity index (χ4v) is 3.37. The zero-order valence-corrected chi connectivity index (χ0v) is 15.8. The molecule has 1 aliphatic carbocycles. The Morgan fingerprint density at radius 3 is 2.26 bits per heavy atom. The highest BCUT2D eigenvalue weighted by Crippen LogP contribution is 2.17. The molecule has 1 aromatic carbocycles. The van der Waals surface area contributed by atoms with Crippen molar-refractivity contribution in [1.82, 2.24) is 15.6 Å². The number of aryl methyl sites for hydroxylation is 1. The number of nitrogens with zero attached hydrogens (tertiary/aromatic N) is 1. The molecule has 0 saturated heterocycles. The maximum atomic E-state index is 12.5. The fourth-order valence-electron chi connectivity index (χ4n) is 3.37. The molecule has 1 heterocycles. The first kappa shape index (κ1) is 19.1. The van der Waals surface area contributed by atoms with Crippen LogP contribution in [0.5, 0.6) is 0 Å². The maximum Gasteiger partial charge on any atom is 0.253 e. The number of benzene rings is 1. The van der Waals surface area contributed by atoms with E-state index in [9.17, 15) is 9.59 Å². The second kappa shape index (κ2) is 9.31. The van der Waals surface area contributed by atoms with Gasteiger partial charge in [0, 0.05) is 25.0 Å². The van der Waals surface area contributed by atoms with Crippen LogP contribution in [0, 0.1) is 6.92 Å². The SMILES string of the molecule is Cc1ccc(CNC(=O)c2cncc(C(=O)NC3CCCCCC3)c2)cc1. The number of amides is 2. The van der Waals surface area contributed by atoms with Crippen LogP contribution in [0.2, 0.25) is 0 Å². The summed E-state index contributed by atoms with van der Waals surface area (Å²) >= 11 is 0. The second-order valence-corrected chi connectivity index (χ2v) is 7.29.